The van der Waals surface area contributed by atoms with Crippen LogP contribution in [0.4, 0.5) is 11.4 Å². The summed E-state index contributed by atoms with van der Waals surface area (Å²) in [6, 6.07) is 21.9. The van der Waals surface area contributed by atoms with Gasteiger partial charge in [-0.2, -0.15) is 0 Å². The van der Waals surface area contributed by atoms with Crippen LogP contribution in [0.25, 0.3) is 0 Å². The molecule has 0 unspecified atom stereocenters. The van der Waals surface area contributed by atoms with Crippen molar-refractivity contribution < 1.29 is 23.9 Å². The third kappa shape index (κ3) is 5.45. The minimum Gasteiger partial charge on any atom is -0.497 e. The number of hydrogen-bond donors (Lipinski definition) is 2. The average Bonchev–Trinajstić information content (AvgIpc) is 2.78. The summed E-state index contributed by atoms with van der Waals surface area (Å²) in [5.74, 6) is -0.985. The summed E-state index contributed by atoms with van der Waals surface area (Å²) in [6.45, 7) is -0.475. The van der Waals surface area contributed by atoms with Gasteiger partial charge in [-0.1, -0.05) is 36.4 Å². The Hall–Kier alpha value is -4.13. The first kappa shape index (κ1) is 20.6. The quantitative estimate of drug-likeness (QED) is 0.585. The van der Waals surface area contributed by atoms with Gasteiger partial charge in [-0.3, -0.25) is 9.59 Å². The number of carbonyl (C=O) groups excluding carboxylic acids is 3. The molecule has 152 valence electrons. The minimum absolute atomic E-state index is 0.149. The van der Waals surface area contributed by atoms with Gasteiger partial charge >= 0.3 is 5.97 Å². The van der Waals surface area contributed by atoms with Gasteiger partial charge in [-0.15, -0.1) is 0 Å². The van der Waals surface area contributed by atoms with E-state index in [0.717, 1.165) is 0 Å². The maximum Gasteiger partial charge on any atom is 0.340 e. The maximum atomic E-state index is 12.5. The van der Waals surface area contributed by atoms with Gasteiger partial charge in [-0.25, -0.2) is 4.79 Å². The molecule has 30 heavy (non-hydrogen) atoms. The molecule has 7 nitrogen and oxygen atoms in total. The maximum absolute atomic E-state index is 12.5. The first-order valence-corrected chi connectivity index (χ1v) is 9.13. The van der Waals surface area contributed by atoms with E-state index < -0.39 is 18.5 Å². The standard InChI is InChI=1S/C23H20N2O5/c1-29-18-11-7-10-17(14-18)24-21(26)15-30-23(28)19-12-5-6-13-20(19)25-22(27)16-8-3-2-4-9-16/h2-14H,15H2,1H3,(H,24,26)(H,25,27). The molecule has 0 spiro atoms. The highest BCUT2D eigenvalue weighted by molar-refractivity contribution is 6.08. The Kier molecular flexibility index (Phi) is 6.78. The predicted molar refractivity (Wildman–Crippen MR) is 113 cm³/mol. The first-order valence-electron chi connectivity index (χ1n) is 9.13. The fourth-order valence-corrected chi connectivity index (χ4v) is 2.66. The van der Waals surface area contributed by atoms with Gasteiger partial charge in [0.1, 0.15) is 5.75 Å². The second-order valence-corrected chi connectivity index (χ2v) is 6.22. The van der Waals surface area contributed by atoms with E-state index in [2.05, 4.69) is 10.6 Å². The second-order valence-electron chi connectivity index (χ2n) is 6.22. The van der Waals surface area contributed by atoms with Crippen molar-refractivity contribution in [2.24, 2.45) is 0 Å². The lowest BCUT2D eigenvalue weighted by Crippen LogP contribution is -2.22. The molecule has 0 aliphatic rings. The normalized spacial score (nSPS) is 10.0. The van der Waals surface area contributed by atoms with Gasteiger partial charge in [0.15, 0.2) is 6.61 Å². The van der Waals surface area contributed by atoms with Crippen molar-refractivity contribution in [2.75, 3.05) is 24.4 Å². The summed E-state index contributed by atoms with van der Waals surface area (Å²) in [4.78, 5) is 36.9. The first-order chi connectivity index (χ1) is 14.6. The summed E-state index contributed by atoms with van der Waals surface area (Å²) in [6.07, 6.45) is 0. The minimum atomic E-state index is -0.722. The van der Waals surface area contributed by atoms with Crippen LogP contribution in [0.2, 0.25) is 0 Å². The molecule has 0 atom stereocenters. The van der Waals surface area contributed by atoms with E-state index in [9.17, 15) is 14.4 Å². The largest absolute Gasteiger partial charge is 0.497 e. The van der Waals surface area contributed by atoms with Crippen LogP contribution in [0.5, 0.6) is 5.75 Å². The van der Waals surface area contributed by atoms with Crippen LogP contribution < -0.4 is 15.4 Å². The second kappa shape index (κ2) is 9.88. The van der Waals surface area contributed by atoms with Crippen molar-refractivity contribution in [3.8, 4) is 5.75 Å². The van der Waals surface area contributed by atoms with Crippen molar-refractivity contribution >= 4 is 29.2 Å². The molecule has 2 N–H and O–H groups in total. The molecule has 0 radical (unpaired) electrons. The lowest BCUT2D eigenvalue weighted by Gasteiger charge is -2.11. The molecule has 0 heterocycles. The number of methoxy groups -OCH3 is 1. The van der Waals surface area contributed by atoms with Crippen molar-refractivity contribution in [1.82, 2.24) is 0 Å². The predicted octanol–water partition coefficient (Wildman–Crippen LogP) is 3.74. The number of nitrogens with one attached hydrogen (secondary N) is 2. The number of anilines is 2. The van der Waals surface area contributed by atoms with E-state index in [0.29, 0.717) is 22.7 Å². The highest BCUT2D eigenvalue weighted by atomic mass is 16.5. The van der Waals surface area contributed by atoms with Gasteiger partial charge in [0.05, 0.1) is 18.4 Å². The fraction of sp³-hybridized carbons (Fsp3) is 0.0870. The summed E-state index contributed by atoms with van der Waals surface area (Å²) in [5, 5.41) is 5.32. The van der Waals surface area contributed by atoms with Crippen LogP contribution in [0, 0.1) is 0 Å². The van der Waals surface area contributed by atoms with E-state index in [1.165, 1.54) is 13.2 Å². The van der Waals surface area contributed by atoms with E-state index in [-0.39, 0.29) is 11.5 Å². The van der Waals surface area contributed by atoms with Crippen molar-refractivity contribution in [3.05, 3.63) is 90.0 Å². The molecule has 0 aromatic heterocycles. The number of para-hydroxylation sites is 1. The van der Waals surface area contributed by atoms with E-state index in [4.69, 9.17) is 9.47 Å². The van der Waals surface area contributed by atoms with Crippen LogP contribution in [-0.4, -0.2) is 31.5 Å². The molecule has 0 fully saturated rings. The molecule has 2 amide bonds. The smallest absolute Gasteiger partial charge is 0.340 e. The zero-order chi connectivity index (χ0) is 21.3. The summed E-state index contributed by atoms with van der Waals surface area (Å²) < 4.78 is 10.2. The average molecular weight is 404 g/mol. The molecule has 0 saturated heterocycles. The number of benzene rings is 3. The van der Waals surface area contributed by atoms with Gasteiger partial charge < -0.3 is 20.1 Å². The molecule has 3 rings (SSSR count). The third-order valence-corrected chi connectivity index (χ3v) is 4.12. The number of esters is 1. The monoisotopic (exact) mass is 404 g/mol. The third-order valence-electron chi connectivity index (χ3n) is 4.12. The Morgan fingerprint density at radius 1 is 0.833 bits per heavy atom. The topological polar surface area (TPSA) is 93.7 Å². The number of hydrogen-bond acceptors (Lipinski definition) is 5. The number of amides is 2. The van der Waals surface area contributed by atoms with E-state index >= 15 is 0 Å². The molecule has 3 aromatic rings. The van der Waals surface area contributed by atoms with Crippen LogP contribution in [0.15, 0.2) is 78.9 Å². The molecular formula is C23H20N2O5. The number of ether oxygens (including phenoxy) is 2. The Morgan fingerprint density at radius 2 is 1.57 bits per heavy atom. The van der Waals surface area contributed by atoms with Crippen molar-refractivity contribution in [3.63, 3.8) is 0 Å². The van der Waals surface area contributed by atoms with Crippen LogP contribution in [-0.2, 0) is 9.53 Å². The zero-order valence-electron chi connectivity index (χ0n) is 16.3. The lowest BCUT2D eigenvalue weighted by molar-refractivity contribution is -0.119. The van der Waals surface area contributed by atoms with E-state index in [1.807, 2.05) is 0 Å². The number of rotatable bonds is 7. The summed E-state index contributed by atoms with van der Waals surface area (Å²) >= 11 is 0. The van der Waals surface area contributed by atoms with Gasteiger partial charge in [0, 0.05) is 17.3 Å². The Balaban J connectivity index is 1.61. The number of carbonyl (C=O) groups is 3. The Bertz CT molecular complexity index is 1050. The Labute approximate surface area is 173 Å². The Morgan fingerprint density at radius 3 is 2.33 bits per heavy atom. The van der Waals surface area contributed by atoms with Gasteiger partial charge in [0.25, 0.3) is 11.8 Å². The summed E-state index contributed by atoms with van der Waals surface area (Å²) in [7, 11) is 1.52. The highest BCUT2D eigenvalue weighted by Gasteiger charge is 2.16. The van der Waals surface area contributed by atoms with Crippen molar-refractivity contribution in [2.45, 2.75) is 0 Å². The molecule has 7 heteroatoms. The van der Waals surface area contributed by atoms with E-state index in [1.54, 1.807) is 72.8 Å². The summed E-state index contributed by atoms with van der Waals surface area (Å²) in [5.41, 5.74) is 1.42. The van der Waals surface area contributed by atoms with Crippen LogP contribution in [0.3, 0.4) is 0 Å². The van der Waals surface area contributed by atoms with Crippen LogP contribution >= 0.6 is 0 Å². The van der Waals surface area contributed by atoms with Crippen molar-refractivity contribution in [1.29, 1.82) is 0 Å². The van der Waals surface area contributed by atoms with Gasteiger partial charge in [0.2, 0.25) is 0 Å². The van der Waals surface area contributed by atoms with Gasteiger partial charge in [-0.05, 0) is 36.4 Å². The van der Waals surface area contributed by atoms with Crippen LogP contribution in [0.1, 0.15) is 20.7 Å². The fourth-order valence-electron chi connectivity index (χ4n) is 2.66. The SMILES string of the molecule is COc1cccc(NC(=O)COC(=O)c2ccccc2NC(=O)c2ccccc2)c1. The molecular weight excluding hydrogens is 384 g/mol. The molecule has 3 aromatic carbocycles. The molecule has 0 aliphatic heterocycles. The highest BCUT2D eigenvalue weighted by Crippen LogP contribution is 2.18. The zero-order valence-corrected chi connectivity index (χ0v) is 16.3. The lowest BCUT2D eigenvalue weighted by atomic mass is 10.1. The molecule has 0 saturated carbocycles. The molecule has 0 aliphatic carbocycles. The molecule has 0 bridgehead atoms.